The molecule has 0 radical (unpaired) electrons. The Hall–Kier alpha value is -3.07. The minimum Gasteiger partial charge on any atom is -0.467 e. The number of carbonyl (C=O) groups is 3. The van der Waals surface area contributed by atoms with Crippen molar-refractivity contribution in [2.45, 2.75) is 64.1 Å². The second kappa shape index (κ2) is 11.5. The van der Waals surface area contributed by atoms with E-state index in [1.165, 1.54) is 7.11 Å². The number of nitrogens with one attached hydrogen (secondary N) is 3. The van der Waals surface area contributed by atoms with Gasteiger partial charge in [0.2, 0.25) is 5.91 Å². The van der Waals surface area contributed by atoms with Gasteiger partial charge in [-0.25, -0.2) is 9.59 Å². The Balaban J connectivity index is 2.22. The lowest BCUT2D eigenvalue weighted by Gasteiger charge is -2.25. The van der Waals surface area contributed by atoms with Crippen LogP contribution in [0.2, 0.25) is 0 Å². The number of H-pyrrole nitrogens is 1. The zero-order valence-corrected chi connectivity index (χ0v) is 19.2. The fraction of sp³-hybridized carbons (Fsp3) is 0.522. The van der Waals surface area contributed by atoms with Crippen LogP contribution in [0.15, 0.2) is 30.5 Å². The highest BCUT2D eigenvalue weighted by Gasteiger charge is 2.29. The summed E-state index contributed by atoms with van der Waals surface area (Å²) in [5.41, 5.74) is 6.59. The van der Waals surface area contributed by atoms with Crippen LogP contribution >= 0.6 is 0 Å². The monoisotopic (exact) mass is 446 g/mol. The zero-order chi connectivity index (χ0) is 23.7. The number of aromatic amines is 1. The van der Waals surface area contributed by atoms with E-state index in [-0.39, 0.29) is 6.42 Å². The van der Waals surface area contributed by atoms with Gasteiger partial charge in [-0.15, -0.1) is 0 Å². The zero-order valence-electron chi connectivity index (χ0n) is 19.2. The largest absolute Gasteiger partial charge is 0.467 e. The van der Waals surface area contributed by atoms with E-state index in [1.807, 2.05) is 24.3 Å². The number of ether oxygens (including phenoxy) is 2. The average molecular weight is 447 g/mol. The Morgan fingerprint density at radius 2 is 1.81 bits per heavy atom. The molecule has 0 saturated carbocycles. The van der Waals surface area contributed by atoms with E-state index in [1.54, 1.807) is 27.0 Å². The van der Waals surface area contributed by atoms with Gasteiger partial charge >= 0.3 is 12.1 Å². The van der Waals surface area contributed by atoms with Crippen LogP contribution in [0.5, 0.6) is 0 Å². The molecule has 0 fully saturated rings. The maximum atomic E-state index is 13.1. The summed E-state index contributed by atoms with van der Waals surface area (Å²) in [6.07, 6.45) is 3.07. The number of para-hydroxylation sites is 1. The first-order valence-corrected chi connectivity index (χ1v) is 10.8. The van der Waals surface area contributed by atoms with E-state index in [4.69, 9.17) is 15.2 Å². The SMILES string of the molecule is COC(=O)[C@H](CCCCN)NC(=O)[C@H](Cc1c[nH]c2ccccc12)NC(=O)OC(C)(C)C. The predicted molar refractivity (Wildman–Crippen MR) is 122 cm³/mol. The van der Waals surface area contributed by atoms with Crippen LogP contribution in [0.4, 0.5) is 4.79 Å². The first-order valence-electron chi connectivity index (χ1n) is 10.8. The van der Waals surface area contributed by atoms with E-state index >= 15 is 0 Å². The molecular weight excluding hydrogens is 412 g/mol. The molecule has 1 aromatic heterocycles. The quantitative estimate of drug-likeness (QED) is 0.327. The molecule has 0 unspecified atom stereocenters. The van der Waals surface area contributed by atoms with E-state index in [0.29, 0.717) is 19.4 Å². The van der Waals surface area contributed by atoms with Gasteiger partial charge in [0.25, 0.3) is 0 Å². The van der Waals surface area contributed by atoms with Gasteiger partial charge in [0.15, 0.2) is 0 Å². The smallest absolute Gasteiger partial charge is 0.408 e. The highest BCUT2D eigenvalue weighted by molar-refractivity contribution is 5.91. The lowest BCUT2D eigenvalue weighted by Crippen LogP contribution is -2.53. The molecule has 2 amide bonds. The number of aromatic nitrogens is 1. The molecule has 0 saturated heterocycles. The average Bonchev–Trinajstić information content (AvgIpc) is 3.13. The van der Waals surface area contributed by atoms with Crippen molar-refractivity contribution >= 4 is 28.9 Å². The summed E-state index contributed by atoms with van der Waals surface area (Å²) in [4.78, 5) is 40.9. The number of hydrogen-bond donors (Lipinski definition) is 4. The number of benzene rings is 1. The summed E-state index contributed by atoms with van der Waals surface area (Å²) in [7, 11) is 1.27. The van der Waals surface area contributed by atoms with Gasteiger partial charge in [0.1, 0.15) is 17.7 Å². The first kappa shape index (κ1) is 25.2. The summed E-state index contributed by atoms with van der Waals surface area (Å²) in [5.74, 6) is -1.04. The van der Waals surface area contributed by atoms with Gasteiger partial charge in [0, 0.05) is 23.5 Å². The minimum atomic E-state index is -0.953. The van der Waals surface area contributed by atoms with Gasteiger partial charge in [-0.1, -0.05) is 18.2 Å². The summed E-state index contributed by atoms with van der Waals surface area (Å²) in [6.45, 7) is 5.72. The number of nitrogens with two attached hydrogens (primary N) is 1. The molecule has 0 bridgehead atoms. The Labute approximate surface area is 188 Å². The lowest BCUT2D eigenvalue weighted by atomic mass is 10.0. The van der Waals surface area contributed by atoms with Crippen molar-refractivity contribution in [2.24, 2.45) is 5.73 Å². The summed E-state index contributed by atoms with van der Waals surface area (Å²) in [5, 5.41) is 6.32. The van der Waals surface area contributed by atoms with Crippen LogP contribution < -0.4 is 16.4 Å². The van der Waals surface area contributed by atoms with Crippen LogP contribution in [0.1, 0.15) is 45.6 Å². The van der Waals surface area contributed by atoms with Crippen LogP contribution in [-0.2, 0) is 25.5 Å². The lowest BCUT2D eigenvalue weighted by molar-refractivity contribution is -0.145. The van der Waals surface area contributed by atoms with Crippen LogP contribution in [0.3, 0.4) is 0 Å². The number of esters is 1. The molecule has 2 atom stereocenters. The van der Waals surface area contributed by atoms with Crippen molar-refractivity contribution in [1.29, 1.82) is 0 Å². The van der Waals surface area contributed by atoms with Crippen molar-refractivity contribution in [2.75, 3.05) is 13.7 Å². The van der Waals surface area contributed by atoms with Crippen molar-refractivity contribution in [3.05, 3.63) is 36.0 Å². The van der Waals surface area contributed by atoms with Gasteiger partial charge in [0.05, 0.1) is 7.11 Å². The van der Waals surface area contributed by atoms with E-state index < -0.39 is 35.7 Å². The van der Waals surface area contributed by atoms with Crippen LogP contribution in [-0.4, -0.2) is 54.3 Å². The number of amides is 2. The second-order valence-electron chi connectivity index (χ2n) is 8.63. The molecule has 0 aliphatic heterocycles. The normalized spacial score (nSPS) is 13.3. The number of carbonyl (C=O) groups excluding carboxylic acids is 3. The maximum absolute atomic E-state index is 13.1. The van der Waals surface area contributed by atoms with Gasteiger partial charge in [-0.2, -0.15) is 0 Å². The number of alkyl carbamates (subject to hydrolysis) is 1. The predicted octanol–water partition coefficient (Wildman–Crippen LogP) is 2.39. The molecule has 2 rings (SSSR count). The summed E-state index contributed by atoms with van der Waals surface area (Å²) < 4.78 is 10.2. The Bertz CT molecular complexity index is 918. The fourth-order valence-electron chi connectivity index (χ4n) is 3.34. The topological polar surface area (TPSA) is 136 Å². The summed E-state index contributed by atoms with van der Waals surface area (Å²) in [6, 6.07) is 5.90. The molecule has 176 valence electrons. The molecule has 2 aromatic rings. The maximum Gasteiger partial charge on any atom is 0.408 e. The molecule has 0 aliphatic carbocycles. The highest BCUT2D eigenvalue weighted by atomic mass is 16.6. The number of unbranched alkanes of at least 4 members (excludes halogenated alkanes) is 1. The molecule has 5 N–H and O–H groups in total. The van der Waals surface area contributed by atoms with Crippen molar-refractivity contribution < 1.29 is 23.9 Å². The Kier molecular flexibility index (Phi) is 9.07. The number of fused-ring (bicyclic) bond motifs is 1. The molecule has 1 aromatic carbocycles. The third-order valence-electron chi connectivity index (χ3n) is 4.86. The molecule has 9 nitrogen and oxygen atoms in total. The van der Waals surface area contributed by atoms with E-state index in [0.717, 1.165) is 22.9 Å². The van der Waals surface area contributed by atoms with E-state index in [2.05, 4.69) is 15.6 Å². The Morgan fingerprint density at radius 3 is 2.47 bits per heavy atom. The molecule has 32 heavy (non-hydrogen) atoms. The van der Waals surface area contributed by atoms with Gasteiger partial charge in [-0.05, 0) is 58.2 Å². The molecular formula is C23H34N4O5. The van der Waals surface area contributed by atoms with Crippen molar-refractivity contribution in [3.8, 4) is 0 Å². The third-order valence-corrected chi connectivity index (χ3v) is 4.86. The minimum absolute atomic E-state index is 0.214. The third kappa shape index (κ3) is 7.56. The molecule has 9 heteroatoms. The number of rotatable bonds is 10. The molecule has 0 spiro atoms. The van der Waals surface area contributed by atoms with E-state index in [9.17, 15) is 14.4 Å². The first-order chi connectivity index (χ1) is 15.1. The number of methoxy groups -OCH3 is 1. The highest BCUT2D eigenvalue weighted by Crippen LogP contribution is 2.19. The summed E-state index contributed by atoms with van der Waals surface area (Å²) >= 11 is 0. The van der Waals surface area contributed by atoms with Crippen LogP contribution in [0.25, 0.3) is 10.9 Å². The number of hydrogen-bond acceptors (Lipinski definition) is 6. The van der Waals surface area contributed by atoms with Gasteiger partial charge in [-0.3, -0.25) is 4.79 Å². The Morgan fingerprint density at radius 1 is 1.09 bits per heavy atom. The van der Waals surface area contributed by atoms with Gasteiger partial charge < -0.3 is 30.8 Å². The second-order valence-corrected chi connectivity index (χ2v) is 8.63. The molecule has 1 heterocycles. The van der Waals surface area contributed by atoms with Crippen molar-refractivity contribution in [1.82, 2.24) is 15.6 Å². The van der Waals surface area contributed by atoms with Crippen LogP contribution in [0, 0.1) is 0 Å². The fourth-order valence-corrected chi connectivity index (χ4v) is 3.34. The standard InChI is InChI=1S/C23H34N4O5/c1-23(2,3)32-22(30)27-19(13-15-14-25-17-10-6-5-9-16(15)17)20(28)26-18(21(29)31-4)11-7-8-12-24/h5-6,9-10,14,18-19,25H,7-8,11-13,24H2,1-4H3,(H,26,28)(H,27,30)/t18-,19-/m0/s1. The van der Waals surface area contributed by atoms with Crippen molar-refractivity contribution in [3.63, 3.8) is 0 Å². The molecule has 0 aliphatic rings.